The third-order valence-electron chi connectivity index (χ3n) is 4.88. The van der Waals surface area contributed by atoms with E-state index < -0.39 is 11.9 Å². The van der Waals surface area contributed by atoms with Crippen molar-refractivity contribution >= 4 is 12.0 Å². The van der Waals surface area contributed by atoms with E-state index in [4.69, 9.17) is 5.11 Å². The third-order valence-corrected chi connectivity index (χ3v) is 4.88. The lowest BCUT2D eigenvalue weighted by molar-refractivity contribution is -0.141. The van der Waals surface area contributed by atoms with Gasteiger partial charge in [-0.25, -0.2) is 4.79 Å². The van der Waals surface area contributed by atoms with Crippen LogP contribution >= 0.6 is 0 Å². The number of carbonyl (C=O) groups excluding carboxylic acids is 1. The molecule has 0 radical (unpaired) electrons. The quantitative estimate of drug-likeness (QED) is 0.898. The zero-order valence-electron chi connectivity index (χ0n) is 12.6. The monoisotopic (exact) mass is 302 g/mol. The minimum Gasteiger partial charge on any atom is -0.481 e. The molecule has 5 heteroatoms. The highest BCUT2D eigenvalue weighted by Crippen LogP contribution is 2.37. The molecular formula is C17H22N2O3. The SMILES string of the molecule is O=C(O)C1CCN(C(=O)NC(c2ccccc2)C2CCC2)C1. The minimum atomic E-state index is -0.811. The number of carbonyl (C=O) groups is 2. The first-order valence-corrected chi connectivity index (χ1v) is 7.98. The van der Waals surface area contributed by atoms with E-state index >= 15 is 0 Å². The Morgan fingerprint density at radius 1 is 1.18 bits per heavy atom. The highest BCUT2D eigenvalue weighted by Gasteiger charge is 2.34. The molecule has 2 aliphatic rings. The molecule has 22 heavy (non-hydrogen) atoms. The summed E-state index contributed by atoms with van der Waals surface area (Å²) in [5.74, 6) is -0.747. The third kappa shape index (κ3) is 3.08. The van der Waals surface area contributed by atoms with E-state index in [1.807, 2.05) is 30.3 Å². The summed E-state index contributed by atoms with van der Waals surface area (Å²) in [5, 5.41) is 12.2. The second-order valence-electron chi connectivity index (χ2n) is 6.30. The lowest BCUT2D eigenvalue weighted by atomic mass is 9.77. The van der Waals surface area contributed by atoms with Crippen LogP contribution in [0.5, 0.6) is 0 Å². The fraction of sp³-hybridized carbons (Fsp3) is 0.529. The van der Waals surface area contributed by atoms with Crippen molar-refractivity contribution in [2.45, 2.75) is 31.7 Å². The Morgan fingerprint density at radius 3 is 2.45 bits per heavy atom. The maximum Gasteiger partial charge on any atom is 0.317 e. The topological polar surface area (TPSA) is 69.6 Å². The van der Waals surface area contributed by atoms with Crippen molar-refractivity contribution in [2.24, 2.45) is 11.8 Å². The summed E-state index contributed by atoms with van der Waals surface area (Å²) >= 11 is 0. The first-order chi connectivity index (χ1) is 10.6. The summed E-state index contributed by atoms with van der Waals surface area (Å²) in [6.45, 7) is 0.836. The molecule has 0 aromatic heterocycles. The van der Waals surface area contributed by atoms with Gasteiger partial charge in [0.05, 0.1) is 12.0 Å². The van der Waals surface area contributed by atoms with Gasteiger partial charge in [0.1, 0.15) is 0 Å². The Labute approximate surface area is 130 Å². The Bertz CT molecular complexity index is 542. The molecule has 1 aromatic carbocycles. The van der Waals surface area contributed by atoms with Gasteiger partial charge in [0.15, 0.2) is 0 Å². The van der Waals surface area contributed by atoms with Crippen LogP contribution in [-0.2, 0) is 4.79 Å². The molecule has 118 valence electrons. The first-order valence-electron chi connectivity index (χ1n) is 7.98. The number of hydrogen-bond acceptors (Lipinski definition) is 2. The normalized spacial score (nSPS) is 22.9. The Hall–Kier alpha value is -2.04. The number of aliphatic carboxylic acids is 1. The molecule has 2 amide bonds. The summed E-state index contributed by atoms with van der Waals surface area (Å²) in [5.41, 5.74) is 1.13. The molecule has 2 fully saturated rings. The molecule has 1 aromatic rings. The fourth-order valence-electron chi connectivity index (χ4n) is 3.28. The lowest BCUT2D eigenvalue weighted by Crippen LogP contribution is -2.44. The Balaban J connectivity index is 1.66. The second kappa shape index (κ2) is 6.38. The molecule has 2 unspecified atom stereocenters. The van der Waals surface area contributed by atoms with Gasteiger partial charge >= 0.3 is 12.0 Å². The van der Waals surface area contributed by atoms with Gasteiger partial charge in [0.25, 0.3) is 0 Å². The van der Waals surface area contributed by atoms with Gasteiger partial charge in [0, 0.05) is 13.1 Å². The van der Waals surface area contributed by atoms with E-state index in [9.17, 15) is 9.59 Å². The number of likely N-dealkylation sites (tertiary alicyclic amines) is 1. The maximum absolute atomic E-state index is 12.5. The molecule has 1 aliphatic heterocycles. The summed E-state index contributed by atoms with van der Waals surface area (Å²) in [6.07, 6.45) is 4.03. The van der Waals surface area contributed by atoms with Crippen LogP contribution in [0.1, 0.15) is 37.3 Å². The van der Waals surface area contributed by atoms with Crippen LogP contribution in [0.4, 0.5) is 4.79 Å². The fourth-order valence-corrected chi connectivity index (χ4v) is 3.28. The number of amides is 2. The molecule has 0 bridgehead atoms. The number of nitrogens with one attached hydrogen (secondary N) is 1. The molecule has 1 saturated carbocycles. The smallest absolute Gasteiger partial charge is 0.317 e. The predicted molar refractivity (Wildman–Crippen MR) is 82.4 cm³/mol. The number of rotatable bonds is 4. The predicted octanol–water partition coefficient (Wildman–Crippen LogP) is 2.64. The van der Waals surface area contributed by atoms with Gasteiger partial charge < -0.3 is 15.3 Å². The number of carboxylic acid groups (broad SMARTS) is 1. The highest BCUT2D eigenvalue weighted by atomic mass is 16.4. The van der Waals surface area contributed by atoms with Crippen LogP contribution in [0.3, 0.4) is 0 Å². The van der Waals surface area contributed by atoms with Gasteiger partial charge in [-0.15, -0.1) is 0 Å². The summed E-state index contributed by atoms with van der Waals surface area (Å²) in [4.78, 5) is 25.1. The second-order valence-corrected chi connectivity index (χ2v) is 6.30. The van der Waals surface area contributed by atoms with E-state index in [-0.39, 0.29) is 12.1 Å². The van der Waals surface area contributed by atoms with Crippen molar-refractivity contribution in [3.8, 4) is 0 Å². The van der Waals surface area contributed by atoms with Gasteiger partial charge in [-0.2, -0.15) is 0 Å². The van der Waals surface area contributed by atoms with E-state index in [0.29, 0.717) is 25.4 Å². The van der Waals surface area contributed by atoms with Crippen LogP contribution < -0.4 is 5.32 Å². The zero-order chi connectivity index (χ0) is 15.5. The van der Waals surface area contributed by atoms with Crippen molar-refractivity contribution in [3.63, 3.8) is 0 Å². The molecule has 0 spiro atoms. The Morgan fingerprint density at radius 2 is 1.91 bits per heavy atom. The van der Waals surface area contributed by atoms with Crippen molar-refractivity contribution in [1.29, 1.82) is 0 Å². The van der Waals surface area contributed by atoms with Gasteiger partial charge in [-0.05, 0) is 30.7 Å². The lowest BCUT2D eigenvalue weighted by Gasteiger charge is -2.35. The molecule has 1 aliphatic carbocycles. The molecular weight excluding hydrogens is 280 g/mol. The van der Waals surface area contributed by atoms with Crippen molar-refractivity contribution in [3.05, 3.63) is 35.9 Å². The number of carboxylic acids is 1. The Kier molecular flexibility index (Phi) is 4.32. The number of benzene rings is 1. The highest BCUT2D eigenvalue weighted by molar-refractivity contribution is 5.77. The molecule has 1 heterocycles. The van der Waals surface area contributed by atoms with Crippen molar-refractivity contribution in [1.82, 2.24) is 10.2 Å². The van der Waals surface area contributed by atoms with Crippen LogP contribution in [-0.4, -0.2) is 35.1 Å². The largest absolute Gasteiger partial charge is 0.481 e. The van der Waals surface area contributed by atoms with Crippen LogP contribution in [0.15, 0.2) is 30.3 Å². The molecule has 5 nitrogen and oxygen atoms in total. The molecule has 3 rings (SSSR count). The number of urea groups is 1. The van der Waals surface area contributed by atoms with Gasteiger partial charge in [-0.1, -0.05) is 36.8 Å². The summed E-state index contributed by atoms with van der Waals surface area (Å²) < 4.78 is 0. The zero-order valence-corrected chi connectivity index (χ0v) is 12.6. The molecule has 2 atom stereocenters. The van der Waals surface area contributed by atoms with E-state index in [2.05, 4.69) is 5.32 Å². The van der Waals surface area contributed by atoms with Crippen LogP contribution in [0.2, 0.25) is 0 Å². The van der Waals surface area contributed by atoms with E-state index in [1.165, 1.54) is 6.42 Å². The summed E-state index contributed by atoms with van der Waals surface area (Å²) in [7, 11) is 0. The average Bonchev–Trinajstić information content (AvgIpc) is 2.95. The van der Waals surface area contributed by atoms with Gasteiger partial charge in [0.2, 0.25) is 0 Å². The van der Waals surface area contributed by atoms with Crippen LogP contribution in [0.25, 0.3) is 0 Å². The van der Waals surface area contributed by atoms with Crippen molar-refractivity contribution in [2.75, 3.05) is 13.1 Å². The average molecular weight is 302 g/mol. The van der Waals surface area contributed by atoms with E-state index in [0.717, 1.165) is 18.4 Å². The summed E-state index contributed by atoms with van der Waals surface area (Å²) in [6, 6.07) is 9.95. The van der Waals surface area contributed by atoms with E-state index in [1.54, 1.807) is 4.90 Å². The standard InChI is InChI=1S/C17H22N2O3/c20-16(21)14-9-10-19(11-14)17(22)18-15(13-7-4-8-13)12-5-2-1-3-6-12/h1-3,5-6,13-15H,4,7-11H2,(H,18,22)(H,20,21). The number of hydrogen-bond donors (Lipinski definition) is 2. The number of nitrogens with zero attached hydrogens (tertiary/aromatic N) is 1. The molecule has 1 saturated heterocycles. The molecule has 2 N–H and O–H groups in total. The van der Waals surface area contributed by atoms with Crippen LogP contribution in [0, 0.1) is 11.8 Å². The van der Waals surface area contributed by atoms with Crippen molar-refractivity contribution < 1.29 is 14.7 Å². The maximum atomic E-state index is 12.5. The minimum absolute atomic E-state index is 0.0336. The first kappa shape index (κ1) is 14.9. The van der Waals surface area contributed by atoms with Gasteiger partial charge in [-0.3, -0.25) is 4.79 Å².